The molecular weight excluding hydrogens is 390 g/mol. The number of hydrogen-bond acceptors (Lipinski definition) is 6. The van der Waals surface area contributed by atoms with Gasteiger partial charge in [0.25, 0.3) is 0 Å². The second kappa shape index (κ2) is 8.57. The Labute approximate surface area is 183 Å². The number of rotatable bonds is 5. The minimum absolute atomic E-state index is 0.0616. The highest BCUT2D eigenvalue weighted by molar-refractivity contribution is 5.90. The van der Waals surface area contributed by atoms with Gasteiger partial charge in [-0.25, -0.2) is 4.98 Å². The predicted octanol–water partition coefficient (Wildman–Crippen LogP) is 3.75. The minimum atomic E-state index is -0.0616. The molecule has 7 nitrogen and oxygen atoms in total. The Hall–Kier alpha value is -3.09. The van der Waals surface area contributed by atoms with Gasteiger partial charge in [-0.15, -0.1) is 0 Å². The van der Waals surface area contributed by atoms with Crippen molar-refractivity contribution in [1.29, 1.82) is 0 Å². The molecule has 1 saturated heterocycles. The van der Waals surface area contributed by atoms with Crippen LogP contribution in [0, 0.1) is 26.7 Å². The van der Waals surface area contributed by atoms with Crippen molar-refractivity contribution in [2.45, 2.75) is 40.2 Å². The third kappa shape index (κ3) is 4.36. The van der Waals surface area contributed by atoms with Crippen LogP contribution in [0.15, 0.2) is 28.7 Å². The molecule has 0 aliphatic carbocycles. The van der Waals surface area contributed by atoms with Crippen LogP contribution in [0.4, 0.5) is 11.5 Å². The molecule has 0 saturated carbocycles. The maximum Gasteiger partial charge on any atom is 0.231 e. The van der Waals surface area contributed by atoms with Crippen molar-refractivity contribution in [2.75, 3.05) is 37.0 Å². The topological polar surface area (TPSA) is 74.5 Å². The van der Waals surface area contributed by atoms with Crippen molar-refractivity contribution in [1.82, 2.24) is 15.3 Å². The van der Waals surface area contributed by atoms with Gasteiger partial charge in [0.2, 0.25) is 11.6 Å². The summed E-state index contributed by atoms with van der Waals surface area (Å²) >= 11 is 0. The Morgan fingerprint density at radius 1 is 1.19 bits per heavy atom. The first-order valence-corrected chi connectivity index (χ1v) is 10.9. The number of nitrogens with one attached hydrogen (secondary N) is 1. The van der Waals surface area contributed by atoms with Crippen molar-refractivity contribution in [2.24, 2.45) is 5.92 Å². The summed E-state index contributed by atoms with van der Waals surface area (Å²) in [6, 6.07) is 8.27. The van der Waals surface area contributed by atoms with Gasteiger partial charge in [0.05, 0.1) is 11.3 Å². The molecule has 1 aliphatic heterocycles. The SMILES string of the molecule is Cc1nc(N2CCCC(C(=O)NCc3ccc(N(C)C)cc3)C2)c2c(C)c(C)oc2n1. The van der Waals surface area contributed by atoms with Gasteiger partial charge in [-0.3, -0.25) is 4.79 Å². The molecule has 3 aromatic rings. The Morgan fingerprint density at radius 3 is 2.65 bits per heavy atom. The monoisotopic (exact) mass is 421 g/mol. The Kier molecular flexibility index (Phi) is 5.85. The van der Waals surface area contributed by atoms with Gasteiger partial charge >= 0.3 is 0 Å². The van der Waals surface area contributed by atoms with Gasteiger partial charge in [0.1, 0.15) is 17.4 Å². The zero-order valence-electron chi connectivity index (χ0n) is 19.0. The maximum absolute atomic E-state index is 12.9. The first-order valence-electron chi connectivity index (χ1n) is 10.9. The van der Waals surface area contributed by atoms with Crippen LogP contribution in [0.2, 0.25) is 0 Å². The number of hydrogen-bond donors (Lipinski definition) is 1. The Morgan fingerprint density at radius 2 is 1.94 bits per heavy atom. The number of fused-ring (bicyclic) bond motifs is 1. The van der Waals surface area contributed by atoms with E-state index in [1.165, 1.54) is 0 Å². The highest BCUT2D eigenvalue weighted by Crippen LogP contribution is 2.33. The molecule has 3 heterocycles. The fourth-order valence-electron chi connectivity index (χ4n) is 4.19. The van der Waals surface area contributed by atoms with E-state index in [-0.39, 0.29) is 11.8 Å². The third-order valence-electron chi connectivity index (χ3n) is 6.13. The number of carbonyl (C=O) groups excluding carboxylic acids is 1. The largest absolute Gasteiger partial charge is 0.443 e. The van der Waals surface area contributed by atoms with Crippen molar-refractivity contribution in [3.8, 4) is 0 Å². The fraction of sp³-hybridized carbons (Fsp3) is 0.458. The molecular formula is C24H31N5O2. The number of carbonyl (C=O) groups is 1. The highest BCUT2D eigenvalue weighted by atomic mass is 16.3. The molecule has 164 valence electrons. The smallest absolute Gasteiger partial charge is 0.231 e. The van der Waals surface area contributed by atoms with E-state index in [0.717, 1.165) is 53.2 Å². The van der Waals surface area contributed by atoms with E-state index < -0.39 is 0 Å². The normalized spacial score (nSPS) is 16.5. The summed E-state index contributed by atoms with van der Waals surface area (Å²) in [5.74, 6) is 2.47. The second-order valence-electron chi connectivity index (χ2n) is 8.62. The van der Waals surface area contributed by atoms with Gasteiger partial charge in [0, 0.05) is 45.0 Å². The van der Waals surface area contributed by atoms with Gasteiger partial charge in [-0.1, -0.05) is 12.1 Å². The molecule has 1 fully saturated rings. The number of furan rings is 1. The molecule has 1 aliphatic rings. The molecule has 0 bridgehead atoms. The number of nitrogens with zero attached hydrogens (tertiary/aromatic N) is 4. The summed E-state index contributed by atoms with van der Waals surface area (Å²) in [7, 11) is 4.04. The highest BCUT2D eigenvalue weighted by Gasteiger charge is 2.29. The van der Waals surface area contributed by atoms with Gasteiger partial charge in [-0.05, 0) is 51.3 Å². The van der Waals surface area contributed by atoms with Gasteiger partial charge in [-0.2, -0.15) is 4.98 Å². The van der Waals surface area contributed by atoms with Gasteiger partial charge < -0.3 is 19.5 Å². The fourth-order valence-corrected chi connectivity index (χ4v) is 4.19. The molecule has 7 heteroatoms. The average molecular weight is 422 g/mol. The summed E-state index contributed by atoms with van der Waals surface area (Å²) in [5, 5.41) is 4.09. The summed E-state index contributed by atoms with van der Waals surface area (Å²) in [6.07, 6.45) is 1.84. The number of amides is 1. The van der Waals surface area contributed by atoms with Crippen LogP contribution in [0.5, 0.6) is 0 Å². The van der Waals surface area contributed by atoms with E-state index in [0.29, 0.717) is 24.6 Å². The molecule has 0 radical (unpaired) electrons. The number of benzene rings is 1. The molecule has 1 atom stereocenters. The summed E-state index contributed by atoms with van der Waals surface area (Å²) in [5.41, 5.74) is 3.95. The first kappa shape index (κ1) is 21.2. The van der Waals surface area contributed by atoms with Crippen LogP contribution in [0.3, 0.4) is 0 Å². The van der Waals surface area contributed by atoms with Crippen molar-refractivity contribution >= 4 is 28.5 Å². The molecule has 1 unspecified atom stereocenters. The lowest BCUT2D eigenvalue weighted by molar-refractivity contribution is -0.125. The first-order chi connectivity index (χ1) is 14.8. The van der Waals surface area contributed by atoms with Crippen LogP contribution in [-0.4, -0.2) is 43.1 Å². The zero-order chi connectivity index (χ0) is 22.1. The van der Waals surface area contributed by atoms with Crippen molar-refractivity contribution in [3.63, 3.8) is 0 Å². The van der Waals surface area contributed by atoms with E-state index >= 15 is 0 Å². The van der Waals surface area contributed by atoms with Gasteiger partial charge in [0.15, 0.2) is 0 Å². The van der Waals surface area contributed by atoms with Crippen LogP contribution >= 0.6 is 0 Å². The number of anilines is 2. The van der Waals surface area contributed by atoms with E-state index in [1.54, 1.807) is 0 Å². The number of piperidine rings is 1. The standard InChI is InChI=1S/C24H31N5O2/c1-15-16(2)31-24-21(15)22(26-17(3)27-24)29-12-6-7-19(14-29)23(30)25-13-18-8-10-20(11-9-18)28(4)5/h8-11,19H,6-7,12-14H2,1-5H3,(H,25,30). The molecule has 0 spiro atoms. The summed E-state index contributed by atoms with van der Waals surface area (Å²) < 4.78 is 5.84. The molecule has 2 aromatic heterocycles. The lowest BCUT2D eigenvalue weighted by atomic mass is 9.96. The van der Waals surface area contributed by atoms with Crippen LogP contribution in [-0.2, 0) is 11.3 Å². The zero-order valence-corrected chi connectivity index (χ0v) is 19.0. The lowest BCUT2D eigenvalue weighted by Crippen LogP contribution is -2.43. The summed E-state index contributed by atoms with van der Waals surface area (Å²) in [6.45, 7) is 7.95. The van der Waals surface area contributed by atoms with E-state index in [2.05, 4.69) is 44.4 Å². The quantitative estimate of drug-likeness (QED) is 0.676. The Balaban J connectivity index is 1.46. The minimum Gasteiger partial charge on any atom is -0.443 e. The lowest BCUT2D eigenvalue weighted by Gasteiger charge is -2.33. The predicted molar refractivity (Wildman–Crippen MR) is 124 cm³/mol. The van der Waals surface area contributed by atoms with E-state index in [9.17, 15) is 4.79 Å². The third-order valence-corrected chi connectivity index (χ3v) is 6.13. The van der Waals surface area contributed by atoms with E-state index in [1.807, 2.05) is 34.9 Å². The average Bonchev–Trinajstić information content (AvgIpc) is 3.05. The van der Waals surface area contributed by atoms with Crippen LogP contribution in [0.25, 0.3) is 11.1 Å². The van der Waals surface area contributed by atoms with E-state index in [4.69, 9.17) is 9.40 Å². The molecule has 31 heavy (non-hydrogen) atoms. The summed E-state index contributed by atoms with van der Waals surface area (Å²) in [4.78, 5) is 26.4. The number of aryl methyl sites for hydroxylation is 3. The maximum atomic E-state index is 12.9. The molecule has 4 rings (SSSR count). The van der Waals surface area contributed by atoms with Crippen LogP contribution < -0.4 is 15.1 Å². The molecule has 1 aromatic carbocycles. The molecule has 1 amide bonds. The Bertz CT molecular complexity index is 1090. The van der Waals surface area contributed by atoms with Crippen LogP contribution in [0.1, 0.15) is 35.6 Å². The molecule has 1 N–H and O–H groups in total. The second-order valence-corrected chi connectivity index (χ2v) is 8.62. The van der Waals surface area contributed by atoms with Crippen molar-refractivity contribution in [3.05, 3.63) is 47.0 Å². The van der Waals surface area contributed by atoms with Crippen molar-refractivity contribution < 1.29 is 9.21 Å². The number of aromatic nitrogens is 2.